The first-order chi connectivity index (χ1) is 8.20. The fraction of sp³-hybridized carbons (Fsp3) is 0.0833. The Morgan fingerprint density at radius 3 is 2.59 bits per heavy atom. The number of nitrogens with zero attached hydrogens (tertiary/aromatic N) is 3. The van der Waals surface area contributed by atoms with Crippen LogP contribution in [0.25, 0.3) is 0 Å². The van der Waals surface area contributed by atoms with Gasteiger partial charge in [-0.2, -0.15) is 0 Å². The van der Waals surface area contributed by atoms with E-state index in [0.29, 0.717) is 10.2 Å². The lowest BCUT2D eigenvalue weighted by molar-refractivity contribution is 0.0992. The minimum absolute atomic E-state index is 0.115. The Hall–Kier alpha value is -1.75. The fourth-order valence-corrected chi connectivity index (χ4v) is 1.83. The molecule has 2 heterocycles. The SMILES string of the molecule is CN(C(=O)c1cccnc1Br)c1ccncc1. The van der Waals surface area contributed by atoms with Gasteiger partial charge in [0, 0.05) is 31.3 Å². The van der Waals surface area contributed by atoms with Crippen molar-refractivity contribution in [2.24, 2.45) is 0 Å². The predicted molar refractivity (Wildman–Crippen MR) is 68.9 cm³/mol. The van der Waals surface area contributed by atoms with Gasteiger partial charge in [-0.15, -0.1) is 0 Å². The summed E-state index contributed by atoms with van der Waals surface area (Å²) in [5.41, 5.74) is 1.33. The molecule has 5 heteroatoms. The lowest BCUT2D eigenvalue weighted by Gasteiger charge is -2.17. The van der Waals surface area contributed by atoms with Gasteiger partial charge < -0.3 is 4.90 Å². The number of rotatable bonds is 2. The molecule has 0 saturated heterocycles. The number of pyridine rings is 2. The molecule has 0 aliphatic rings. The second kappa shape index (κ2) is 5.05. The molecule has 4 nitrogen and oxygen atoms in total. The zero-order valence-electron chi connectivity index (χ0n) is 9.17. The Kier molecular flexibility index (Phi) is 3.49. The maximum atomic E-state index is 12.2. The van der Waals surface area contributed by atoms with Gasteiger partial charge in [-0.05, 0) is 40.2 Å². The molecule has 2 aromatic rings. The summed E-state index contributed by atoms with van der Waals surface area (Å²) in [5, 5.41) is 0. The van der Waals surface area contributed by atoms with Gasteiger partial charge in [0.15, 0.2) is 0 Å². The van der Waals surface area contributed by atoms with E-state index in [1.165, 1.54) is 0 Å². The van der Waals surface area contributed by atoms with Gasteiger partial charge in [-0.1, -0.05) is 0 Å². The maximum absolute atomic E-state index is 12.2. The predicted octanol–water partition coefficient (Wildman–Crippen LogP) is 2.52. The van der Waals surface area contributed by atoms with E-state index in [1.807, 2.05) is 0 Å². The third kappa shape index (κ3) is 2.50. The smallest absolute Gasteiger partial charge is 0.260 e. The Morgan fingerprint density at radius 1 is 1.24 bits per heavy atom. The van der Waals surface area contributed by atoms with Crippen LogP contribution in [0.2, 0.25) is 0 Å². The van der Waals surface area contributed by atoms with Crippen LogP contribution in [0.15, 0.2) is 47.5 Å². The minimum Gasteiger partial charge on any atom is -0.311 e. The van der Waals surface area contributed by atoms with Crippen molar-refractivity contribution in [2.75, 3.05) is 11.9 Å². The summed E-state index contributed by atoms with van der Waals surface area (Å²) in [6, 6.07) is 7.03. The van der Waals surface area contributed by atoms with Crippen LogP contribution in [0.4, 0.5) is 5.69 Å². The highest BCUT2D eigenvalue weighted by molar-refractivity contribution is 9.10. The van der Waals surface area contributed by atoms with Crippen molar-refractivity contribution in [3.05, 3.63) is 53.0 Å². The van der Waals surface area contributed by atoms with E-state index in [-0.39, 0.29) is 5.91 Å². The van der Waals surface area contributed by atoms with Gasteiger partial charge in [-0.3, -0.25) is 9.78 Å². The van der Waals surface area contributed by atoms with Gasteiger partial charge in [-0.25, -0.2) is 4.98 Å². The van der Waals surface area contributed by atoms with E-state index in [4.69, 9.17) is 0 Å². The second-order valence-electron chi connectivity index (χ2n) is 3.41. The van der Waals surface area contributed by atoms with Crippen molar-refractivity contribution in [1.29, 1.82) is 0 Å². The van der Waals surface area contributed by atoms with Crippen LogP contribution < -0.4 is 4.90 Å². The molecule has 0 radical (unpaired) electrons. The summed E-state index contributed by atoms with van der Waals surface area (Å²) in [5.74, 6) is -0.115. The molecule has 2 aromatic heterocycles. The molecule has 0 spiro atoms. The van der Waals surface area contributed by atoms with Gasteiger partial charge in [0.25, 0.3) is 5.91 Å². The first-order valence-electron chi connectivity index (χ1n) is 4.99. The van der Waals surface area contributed by atoms with E-state index < -0.39 is 0 Å². The number of carbonyl (C=O) groups excluding carboxylic acids is 1. The zero-order valence-corrected chi connectivity index (χ0v) is 10.8. The van der Waals surface area contributed by atoms with Crippen molar-refractivity contribution in [3.8, 4) is 0 Å². The number of hydrogen-bond acceptors (Lipinski definition) is 3. The number of anilines is 1. The topological polar surface area (TPSA) is 46.1 Å². The number of aromatic nitrogens is 2. The molecular weight excluding hydrogens is 282 g/mol. The van der Waals surface area contributed by atoms with Crippen molar-refractivity contribution in [2.45, 2.75) is 0 Å². The maximum Gasteiger partial charge on any atom is 0.260 e. The lowest BCUT2D eigenvalue weighted by Crippen LogP contribution is -2.26. The van der Waals surface area contributed by atoms with E-state index >= 15 is 0 Å². The van der Waals surface area contributed by atoms with Crippen LogP contribution in [0.3, 0.4) is 0 Å². The molecule has 0 saturated carbocycles. The Labute approximate surface area is 107 Å². The normalized spacial score (nSPS) is 10.0. The number of carbonyl (C=O) groups is 1. The summed E-state index contributed by atoms with van der Waals surface area (Å²) in [6.45, 7) is 0. The highest BCUT2D eigenvalue weighted by Crippen LogP contribution is 2.18. The summed E-state index contributed by atoms with van der Waals surface area (Å²) < 4.78 is 0.547. The monoisotopic (exact) mass is 291 g/mol. The van der Waals surface area contributed by atoms with E-state index in [1.54, 1.807) is 54.8 Å². The fourth-order valence-electron chi connectivity index (χ4n) is 1.41. The molecular formula is C12H10BrN3O. The summed E-state index contributed by atoms with van der Waals surface area (Å²) in [7, 11) is 1.72. The molecule has 0 aliphatic carbocycles. The third-order valence-corrected chi connectivity index (χ3v) is 2.98. The van der Waals surface area contributed by atoms with Crippen LogP contribution in [0.5, 0.6) is 0 Å². The molecule has 0 aromatic carbocycles. The Bertz CT molecular complexity index is 530. The standard InChI is InChI=1S/C12H10BrN3O/c1-16(9-4-7-14-8-5-9)12(17)10-3-2-6-15-11(10)13/h2-8H,1H3. The first-order valence-corrected chi connectivity index (χ1v) is 5.78. The first kappa shape index (κ1) is 11.7. The molecule has 86 valence electrons. The number of halogens is 1. The molecule has 0 unspecified atom stereocenters. The van der Waals surface area contributed by atoms with Crippen molar-refractivity contribution in [1.82, 2.24) is 9.97 Å². The van der Waals surface area contributed by atoms with Crippen LogP contribution >= 0.6 is 15.9 Å². The molecule has 0 fully saturated rings. The molecule has 0 N–H and O–H groups in total. The van der Waals surface area contributed by atoms with E-state index in [9.17, 15) is 4.79 Å². The Morgan fingerprint density at radius 2 is 1.94 bits per heavy atom. The van der Waals surface area contributed by atoms with E-state index in [0.717, 1.165) is 5.69 Å². The highest BCUT2D eigenvalue weighted by atomic mass is 79.9. The average molecular weight is 292 g/mol. The average Bonchev–Trinajstić information content (AvgIpc) is 2.39. The Balaban J connectivity index is 2.30. The van der Waals surface area contributed by atoms with Gasteiger partial charge in [0.1, 0.15) is 4.60 Å². The van der Waals surface area contributed by atoms with Crippen molar-refractivity contribution < 1.29 is 4.79 Å². The number of hydrogen-bond donors (Lipinski definition) is 0. The molecule has 0 atom stereocenters. The van der Waals surface area contributed by atoms with Crippen LogP contribution in [0, 0.1) is 0 Å². The highest BCUT2D eigenvalue weighted by Gasteiger charge is 2.16. The van der Waals surface area contributed by atoms with Crippen molar-refractivity contribution in [3.63, 3.8) is 0 Å². The van der Waals surface area contributed by atoms with Crippen LogP contribution in [-0.2, 0) is 0 Å². The molecule has 0 bridgehead atoms. The summed E-state index contributed by atoms with van der Waals surface area (Å²) in [6.07, 6.45) is 4.93. The molecule has 17 heavy (non-hydrogen) atoms. The quantitative estimate of drug-likeness (QED) is 0.799. The third-order valence-electron chi connectivity index (χ3n) is 2.34. The van der Waals surface area contributed by atoms with Gasteiger partial charge in [0.2, 0.25) is 0 Å². The minimum atomic E-state index is -0.115. The van der Waals surface area contributed by atoms with Crippen LogP contribution in [-0.4, -0.2) is 22.9 Å². The van der Waals surface area contributed by atoms with Crippen LogP contribution in [0.1, 0.15) is 10.4 Å². The molecule has 0 aliphatic heterocycles. The second-order valence-corrected chi connectivity index (χ2v) is 4.16. The zero-order chi connectivity index (χ0) is 12.3. The van der Waals surface area contributed by atoms with Gasteiger partial charge >= 0.3 is 0 Å². The molecule has 2 rings (SSSR count). The van der Waals surface area contributed by atoms with E-state index in [2.05, 4.69) is 25.9 Å². The summed E-state index contributed by atoms with van der Waals surface area (Å²) in [4.78, 5) is 21.7. The van der Waals surface area contributed by atoms with Gasteiger partial charge in [0.05, 0.1) is 5.56 Å². The lowest BCUT2D eigenvalue weighted by atomic mass is 10.2. The molecule has 1 amide bonds. The van der Waals surface area contributed by atoms with Crippen molar-refractivity contribution >= 4 is 27.5 Å². The summed E-state index contributed by atoms with van der Waals surface area (Å²) >= 11 is 3.27. The number of amides is 1. The largest absolute Gasteiger partial charge is 0.311 e.